The van der Waals surface area contributed by atoms with E-state index in [0.29, 0.717) is 17.0 Å². The van der Waals surface area contributed by atoms with E-state index >= 15 is 0 Å². The van der Waals surface area contributed by atoms with Crippen molar-refractivity contribution in [2.75, 3.05) is 0 Å². The zero-order valence-electron chi connectivity index (χ0n) is 12.3. The van der Waals surface area contributed by atoms with Crippen LogP contribution in [0.3, 0.4) is 0 Å². The quantitative estimate of drug-likeness (QED) is 0.765. The van der Waals surface area contributed by atoms with Crippen molar-refractivity contribution in [2.24, 2.45) is 0 Å². The van der Waals surface area contributed by atoms with E-state index in [4.69, 9.17) is 4.42 Å². The van der Waals surface area contributed by atoms with Crippen LogP contribution in [0, 0.1) is 0 Å². The smallest absolute Gasteiger partial charge is 0.248 e. The van der Waals surface area contributed by atoms with Gasteiger partial charge in [-0.3, -0.25) is 0 Å². The molecule has 0 spiro atoms. The largest absolute Gasteiger partial charge is 0.507 e. The van der Waals surface area contributed by atoms with E-state index in [-0.39, 0.29) is 23.3 Å². The molecule has 3 rings (SSSR count). The molecule has 0 radical (unpaired) electrons. The Kier molecular flexibility index (Phi) is 3.55. The zero-order chi connectivity index (χ0) is 15.7. The van der Waals surface area contributed by atoms with Crippen LogP contribution < -0.4 is 0 Å². The Morgan fingerprint density at radius 1 is 0.864 bits per heavy atom. The van der Waals surface area contributed by atoms with Gasteiger partial charge in [-0.1, -0.05) is 32.0 Å². The van der Waals surface area contributed by atoms with Gasteiger partial charge in [0.15, 0.2) is 0 Å². The number of hydrogen-bond donors (Lipinski definition) is 2. The molecule has 5 heteroatoms. The summed E-state index contributed by atoms with van der Waals surface area (Å²) in [5, 5.41) is 28.1. The van der Waals surface area contributed by atoms with Crippen molar-refractivity contribution in [2.45, 2.75) is 19.8 Å². The summed E-state index contributed by atoms with van der Waals surface area (Å²) in [4.78, 5) is 0. The maximum Gasteiger partial charge on any atom is 0.248 e. The highest BCUT2D eigenvalue weighted by Crippen LogP contribution is 2.38. The molecule has 5 nitrogen and oxygen atoms in total. The molecule has 2 aromatic carbocycles. The Bertz CT molecular complexity index is 772. The molecular formula is C17H16N2O3. The first kappa shape index (κ1) is 14.1. The summed E-state index contributed by atoms with van der Waals surface area (Å²) in [5.74, 6) is 0.688. The van der Waals surface area contributed by atoms with Gasteiger partial charge in [-0.15, -0.1) is 10.2 Å². The summed E-state index contributed by atoms with van der Waals surface area (Å²) < 4.78 is 5.62. The van der Waals surface area contributed by atoms with Crippen LogP contribution in [-0.4, -0.2) is 20.4 Å². The Balaban J connectivity index is 2.01. The van der Waals surface area contributed by atoms with Crippen molar-refractivity contribution in [1.82, 2.24) is 10.2 Å². The number of benzene rings is 2. The third-order valence-electron chi connectivity index (χ3n) is 3.41. The van der Waals surface area contributed by atoms with Crippen LogP contribution in [0.5, 0.6) is 11.5 Å². The van der Waals surface area contributed by atoms with Crippen LogP contribution in [0.25, 0.3) is 22.9 Å². The lowest BCUT2D eigenvalue weighted by Gasteiger charge is -2.11. The number of phenolic OH excluding ortho intramolecular Hbond substituents is 2. The zero-order valence-corrected chi connectivity index (χ0v) is 12.3. The SMILES string of the molecule is CC(C)c1c(O)cc(-c2nnc(-c3ccccc3)o2)cc1O. The minimum Gasteiger partial charge on any atom is -0.507 e. The Hall–Kier alpha value is -2.82. The van der Waals surface area contributed by atoms with Crippen LogP contribution in [0.2, 0.25) is 0 Å². The molecule has 0 amide bonds. The van der Waals surface area contributed by atoms with Crippen molar-refractivity contribution >= 4 is 0 Å². The number of aromatic nitrogens is 2. The molecule has 22 heavy (non-hydrogen) atoms. The van der Waals surface area contributed by atoms with Crippen molar-refractivity contribution in [3.8, 4) is 34.4 Å². The van der Waals surface area contributed by atoms with E-state index in [1.807, 2.05) is 44.2 Å². The van der Waals surface area contributed by atoms with Gasteiger partial charge in [-0.2, -0.15) is 0 Å². The van der Waals surface area contributed by atoms with E-state index in [9.17, 15) is 10.2 Å². The van der Waals surface area contributed by atoms with Crippen molar-refractivity contribution in [3.05, 3.63) is 48.0 Å². The normalized spacial score (nSPS) is 11.0. The van der Waals surface area contributed by atoms with Crippen LogP contribution in [0.4, 0.5) is 0 Å². The lowest BCUT2D eigenvalue weighted by atomic mass is 9.99. The monoisotopic (exact) mass is 296 g/mol. The minimum atomic E-state index is 0.0108. The third-order valence-corrected chi connectivity index (χ3v) is 3.41. The average molecular weight is 296 g/mol. The molecule has 1 aromatic heterocycles. The molecule has 0 bridgehead atoms. The van der Waals surface area contributed by atoms with Crippen LogP contribution >= 0.6 is 0 Å². The second-order valence-electron chi connectivity index (χ2n) is 5.36. The number of nitrogens with zero attached hydrogens (tertiary/aromatic N) is 2. The number of phenols is 2. The number of hydrogen-bond acceptors (Lipinski definition) is 5. The fourth-order valence-electron chi connectivity index (χ4n) is 2.38. The molecule has 0 atom stereocenters. The van der Waals surface area contributed by atoms with E-state index < -0.39 is 0 Å². The first-order chi connectivity index (χ1) is 10.6. The summed E-state index contributed by atoms with van der Waals surface area (Å²) in [6.07, 6.45) is 0. The molecule has 0 saturated carbocycles. The number of rotatable bonds is 3. The third kappa shape index (κ3) is 2.53. The second kappa shape index (κ2) is 5.52. The summed E-state index contributed by atoms with van der Waals surface area (Å²) in [6.45, 7) is 3.79. The van der Waals surface area contributed by atoms with Crippen LogP contribution in [-0.2, 0) is 0 Å². The standard InChI is InChI=1S/C17H16N2O3/c1-10(2)15-13(20)8-12(9-14(15)21)17-19-18-16(22-17)11-6-4-3-5-7-11/h3-10,20-21H,1-2H3. The van der Waals surface area contributed by atoms with Crippen molar-refractivity contribution < 1.29 is 14.6 Å². The van der Waals surface area contributed by atoms with E-state index in [1.54, 1.807) is 0 Å². The van der Waals surface area contributed by atoms with Gasteiger partial charge in [-0.05, 0) is 30.2 Å². The van der Waals surface area contributed by atoms with Gasteiger partial charge in [0, 0.05) is 16.7 Å². The Morgan fingerprint density at radius 3 is 1.95 bits per heavy atom. The van der Waals surface area contributed by atoms with Crippen LogP contribution in [0.1, 0.15) is 25.3 Å². The highest BCUT2D eigenvalue weighted by atomic mass is 16.4. The lowest BCUT2D eigenvalue weighted by molar-refractivity contribution is 0.433. The van der Waals surface area contributed by atoms with E-state index in [2.05, 4.69) is 10.2 Å². The van der Waals surface area contributed by atoms with Gasteiger partial charge < -0.3 is 14.6 Å². The van der Waals surface area contributed by atoms with Gasteiger partial charge >= 0.3 is 0 Å². The fourth-order valence-corrected chi connectivity index (χ4v) is 2.38. The molecule has 0 unspecified atom stereocenters. The van der Waals surface area contributed by atoms with Gasteiger partial charge in [0.1, 0.15) is 11.5 Å². The molecule has 3 aromatic rings. The fraction of sp³-hybridized carbons (Fsp3) is 0.176. The molecule has 0 aliphatic carbocycles. The van der Waals surface area contributed by atoms with Gasteiger partial charge in [-0.25, -0.2) is 0 Å². The first-order valence-electron chi connectivity index (χ1n) is 7.01. The molecule has 1 heterocycles. The molecule has 0 aliphatic rings. The Labute approximate surface area is 127 Å². The molecule has 112 valence electrons. The summed E-state index contributed by atoms with van der Waals surface area (Å²) in [6, 6.07) is 12.5. The van der Waals surface area contributed by atoms with Crippen molar-refractivity contribution in [1.29, 1.82) is 0 Å². The lowest BCUT2D eigenvalue weighted by Crippen LogP contribution is -1.90. The minimum absolute atomic E-state index is 0.0108. The van der Waals surface area contributed by atoms with Gasteiger partial charge in [0.05, 0.1) is 0 Å². The first-order valence-corrected chi connectivity index (χ1v) is 7.01. The molecule has 2 N–H and O–H groups in total. The summed E-state index contributed by atoms with van der Waals surface area (Å²) >= 11 is 0. The van der Waals surface area contributed by atoms with Gasteiger partial charge in [0.25, 0.3) is 0 Å². The molecule has 0 aliphatic heterocycles. The predicted octanol–water partition coefficient (Wildman–Crippen LogP) is 3.94. The Morgan fingerprint density at radius 2 is 1.41 bits per heavy atom. The summed E-state index contributed by atoms with van der Waals surface area (Å²) in [5.41, 5.74) is 1.80. The van der Waals surface area contributed by atoms with Gasteiger partial charge in [0.2, 0.25) is 11.8 Å². The molecular weight excluding hydrogens is 280 g/mol. The topological polar surface area (TPSA) is 79.4 Å². The van der Waals surface area contributed by atoms with E-state index in [0.717, 1.165) is 5.56 Å². The average Bonchev–Trinajstić information content (AvgIpc) is 2.97. The second-order valence-corrected chi connectivity index (χ2v) is 5.36. The predicted molar refractivity (Wildman–Crippen MR) is 82.6 cm³/mol. The van der Waals surface area contributed by atoms with Crippen LogP contribution in [0.15, 0.2) is 46.9 Å². The summed E-state index contributed by atoms with van der Waals surface area (Å²) in [7, 11) is 0. The number of aromatic hydroxyl groups is 2. The highest BCUT2D eigenvalue weighted by Gasteiger charge is 2.17. The maximum atomic E-state index is 10.1. The van der Waals surface area contributed by atoms with E-state index in [1.165, 1.54) is 12.1 Å². The molecule has 0 fully saturated rings. The van der Waals surface area contributed by atoms with Crippen molar-refractivity contribution in [3.63, 3.8) is 0 Å². The maximum absolute atomic E-state index is 10.1. The highest BCUT2D eigenvalue weighted by molar-refractivity contribution is 5.64. The molecule has 0 saturated heterocycles.